The van der Waals surface area contributed by atoms with Crippen molar-refractivity contribution in [1.29, 1.82) is 0 Å². The Labute approximate surface area is 128 Å². The van der Waals surface area contributed by atoms with Gasteiger partial charge in [0, 0.05) is 6.54 Å². The van der Waals surface area contributed by atoms with Crippen molar-refractivity contribution in [2.45, 2.75) is 18.8 Å². The molecule has 0 saturated carbocycles. The first-order chi connectivity index (χ1) is 9.66. The quantitative estimate of drug-likeness (QED) is 0.620. The molecule has 102 valence electrons. The number of hydrogen-bond acceptors (Lipinski definition) is 1. The number of alkyl halides is 1. The number of hydrogen-bond donors (Lipinski definition) is 0. The third-order valence-electron chi connectivity index (χ3n) is 3.29. The van der Waals surface area contributed by atoms with Crippen molar-refractivity contribution in [2.75, 3.05) is 0 Å². The molecular weight excluding hydrogens is 291 g/mol. The van der Waals surface area contributed by atoms with E-state index in [0.29, 0.717) is 11.6 Å². The number of rotatable bonds is 3. The van der Waals surface area contributed by atoms with Crippen LogP contribution in [0.2, 0.25) is 5.02 Å². The number of para-hydroxylation sites is 1. The molecule has 20 heavy (non-hydrogen) atoms. The summed E-state index contributed by atoms with van der Waals surface area (Å²) in [5.41, 5.74) is 3.03. The molecule has 0 amide bonds. The Morgan fingerprint density at radius 3 is 2.55 bits per heavy atom. The van der Waals surface area contributed by atoms with Crippen molar-refractivity contribution in [1.82, 2.24) is 9.55 Å². The molecule has 0 saturated heterocycles. The standard InChI is InChI=1S/C16H14Cl2N2/c1-11(17)16-19-14-9-5-8-13(18)15(14)20(16)10-12-6-3-2-4-7-12/h2-9,11H,10H2,1H3. The van der Waals surface area contributed by atoms with Crippen LogP contribution < -0.4 is 0 Å². The SMILES string of the molecule is CC(Cl)c1nc2cccc(Cl)c2n1Cc1ccccc1. The van der Waals surface area contributed by atoms with Crippen molar-refractivity contribution in [2.24, 2.45) is 0 Å². The smallest absolute Gasteiger partial charge is 0.128 e. The molecule has 0 radical (unpaired) electrons. The largest absolute Gasteiger partial charge is 0.321 e. The maximum absolute atomic E-state index is 6.34. The fraction of sp³-hybridized carbons (Fsp3) is 0.188. The second-order valence-electron chi connectivity index (χ2n) is 4.77. The van der Waals surface area contributed by atoms with Crippen molar-refractivity contribution in [3.05, 3.63) is 64.9 Å². The van der Waals surface area contributed by atoms with E-state index in [-0.39, 0.29) is 5.38 Å². The van der Waals surface area contributed by atoms with Gasteiger partial charge in [0.1, 0.15) is 5.82 Å². The lowest BCUT2D eigenvalue weighted by Crippen LogP contribution is -2.05. The molecule has 0 aliphatic carbocycles. The normalized spacial score (nSPS) is 12.8. The number of imidazole rings is 1. The highest BCUT2D eigenvalue weighted by Gasteiger charge is 2.16. The predicted octanol–water partition coefficient (Wildman–Crippen LogP) is 5.04. The lowest BCUT2D eigenvalue weighted by molar-refractivity contribution is 0.743. The van der Waals surface area contributed by atoms with Gasteiger partial charge in [-0.15, -0.1) is 11.6 Å². The third-order valence-corrected chi connectivity index (χ3v) is 3.79. The molecule has 0 aliphatic heterocycles. The summed E-state index contributed by atoms with van der Waals surface area (Å²) in [5, 5.41) is 0.539. The fourth-order valence-corrected chi connectivity index (χ4v) is 2.83. The molecule has 1 atom stereocenters. The van der Waals surface area contributed by atoms with Gasteiger partial charge in [-0.3, -0.25) is 0 Å². The first-order valence-corrected chi connectivity index (χ1v) is 7.31. The van der Waals surface area contributed by atoms with Gasteiger partial charge in [-0.1, -0.05) is 48.0 Å². The summed E-state index contributed by atoms with van der Waals surface area (Å²) in [6.07, 6.45) is 0. The van der Waals surface area contributed by atoms with Gasteiger partial charge >= 0.3 is 0 Å². The second kappa shape index (κ2) is 5.47. The molecule has 1 aromatic heterocycles. The summed E-state index contributed by atoms with van der Waals surface area (Å²) >= 11 is 12.6. The minimum absolute atomic E-state index is 0.165. The molecule has 0 fully saturated rings. The van der Waals surface area contributed by atoms with Crippen LogP contribution in [0.25, 0.3) is 11.0 Å². The fourth-order valence-electron chi connectivity index (χ4n) is 2.39. The van der Waals surface area contributed by atoms with Gasteiger partial charge in [-0.2, -0.15) is 0 Å². The van der Waals surface area contributed by atoms with Crippen LogP contribution in [0.5, 0.6) is 0 Å². The summed E-state index contributed by atoms with van der Waals surface area (Å²) < 4.78 is 2.10. The van der Waals surface area contributed by atoms with Crippen LogP contribution in [-0.2, 0) is 6.54 Å². The van der Waals surface area contributed by atoms with Gasteiger partial charge in [0.2, 0.25) is 0 Å². The Morgan fingerprint density at radius 2 is 1.85 bits per heavy atom. The summed E-state index contributed by atoms with van der Waals surface area (Å²) in [5.74, 6) is 0.846. The maximum Gasteiger partial charge on any atom is 0.128 e. The maximum atomic E-state index is 6.34. The molecule has 0 N–H and O–H groups in total. The van der Waals surface area contributed by atoms with Crippen LogP contribution in [0.4, 0.5) is 0 Å². The first kappa shape index (κ1) is 13.5. The van der Waals surface area contributed by atoms with E-state index in [1.165, 1.54) is 5.56 Å². The molecule has 4 heteroatoms. The van der Waals surface area contributed by atoms with Crippen molar-refractivity contribution >= 4 is 34.2 Å². The van der Waals surface area contributed by atoms with E-state index in [1.807, 2.05) is 43.3 Å². The predicted molar refractivity (Wildman–Crippen MR) is 84.6 cm³/mol. The highest BCUT2D eigenvalue weighted by molar-refractivity contribution is 6.35. The average molecular weight is 305 g/mol. The van der Waals surface area contributed by atoms with Gasteiger partial charge in [0.25, 0.3) is 0 Å². The molecule has 0 spiro atoms. The van der Waals surface area contributed by atoms with Gasteiger partial charge in [-0.05, 0) is 24.6 Å². The molecule has 3 rings (SSSR count). The van der Waals surface area contributed by atoms with Crippen LogP contribution in [0.1, 0.15) is 23.7 Å². The van der Waals surface area contributed by atoms with Crippen LogP contribution >= 0.6 is 23.2 Å². The molecular formula is C16H14Cl2N2. The van der Waals surface area contributed by atoms with Crippen molar-refractivity contribution in [3.8, 4) is 0 Å². The molecule has 2 aromatic carbocycles. The monoisotopic (exact) mass is 304 g/mol. The van der Waals surface area contributed by atoms with E-state index in [2.05, 4.69) is 21.7 Å². The molecule has 3 aromatic rings. The van der Waals surface area contributed by atoms with Gasteiger partial charge < -0.3 is 4.57 Å². The first-order valence-electron chi connectivity index (χ1n) is 6.49. The Kier molecular flexibility index (Phi) is 3.68. The van der Waals surface area contributed by atoms with Gasteiger partial charge in [0.05, 0.1) is 21.4 Å². The zero-order valence-corrected chi connectivity index (χ0v) is 12.6. The summed E-state index contributed by atoms with van der Waals surface area (Å²) in [4.78, 5) is 4.62. The number of benzene rings is 2. The number of fused-ring (bicyclic) bond motifs is 1. The molecule has 0 aliphatic rings. The zero-order valence-electron chi connectivity index (χ0n) is 11.1. The van der Waals surface area contributed by atoms with Crippen LogP contribution in [-0.4, -0.2) is 9.55 Å². The molecule has 2 nitrogen and oxygen atoms in total. The Hall–Kier alpha value is -1.51. The van der Waals surface area contributed by atoms with Crippen molar-refractivity contribution < 1.29 is 0 Å². The highest BCUT2D eigenvalue weighted by Crippen LogP contribution is 2.29. The number of halogens is 2. The lowest BCUT2D eigenvalue weighted by atomic mass is 10.2. The molecule has 1 heterocycles. The van der Waals surface area contributed by atoms with E-state index in [4.69, 9.17) is 23.2 Å². The Morgan fingerprint density at radius 1 is 1.10 bits per heavy atom. The molecule has 1 unspecified atom stereocenters. The van der Waals surface area contributed by atoms with E-state index in [9.17, 15) is 0 Å². The topological polar surface area (TPSA) is 17.8 Å². The van der Waals surface area contributed by atoms with Crippen molar-refractivity contribution in [3.63, 3.8) is 0 Å². The lowest BCUT2D eigenvalue weighted by Gasteiger charge is -2.11. The molecule has 0 bridgehead atoms. The van der Waals surface area contributed by atoms with E-state index < -0.39 is 0 Å². The van der Waals surface area contributed by atoms with E-state index in [0.717, 1.165) is 16.9 Å². The number of nitrogens with zero attached hydrogens (tertiary/aromatic N) is 2. The second-order valence-corrected chi connectivity index (χ2v) is 5.83. The third kappa shape index (κ3) is 2.41. The van der Waals surface area contributed by atoms with Gasteiger partial charge in [0.15, 0.2) is 0 Å². The van der Waals surface area contributed by atoms with E-state index in [1.54, 1.807) is 0 Å². The average Bonchev–Trinajstić information content (AvgIpc) is 2.80. The summed E-state index contributed by atoms with van der Waals surface area (Å²) in [7, 11) is 0. The van der Waals surface area contributed by atoms with Crippen LogP contribution in [0.3, 0.4) is 0 Å². The Bertz CT molecular complexity index is 733. The van der Waals surface area contributed by atoms with Crippen LogP contribution in [0, 0.1) is 0 Å². The Balaban J connectivity index is 2.19. The van der Waals surface area contributed by atoms with E-state index >= 15 is 0 Å². The number of aromatic nitrogens is 2. The summed E-state index contributed by atoms with van der Waals surface area (Å²) in [6, 6.07) is 16.0. The van der Waals surface area contributed by atoms with Gasteiger partial charge in [-0.25, -0.2) is 4.98 Å². The van der Waals surface area contributed by atoms with Crippen LogP contribution in [0.15, 0.2) is 48.5 Å². The summed E-state index contributed by atoms with van der Waals surface area (Å²) in [6.45, 7) is 2.64. The highest BCUT2D eigenvalue weighted by atomic mass is 35.5. The minimum Gasteiger partial charge on any atom is -0.321 e. The zero-order chi connectivity index (χ0) is 14.1. The minimum atomic E-state index is -0.165.